The van der Waals surface area contributed by atoms with E-state index in [2.05, 4.69) is 10.6 Å². The third-order valence-corrected chi connectivity index (χ3v) is 7.39. The van der Waals surface area contributed by atoms with Gasteiger partial charge in [0.2, 0.25) is 5.91 Å². The van der Waals surface area contributed by atoms with E-state index in [0.29, 0.717) is 24.3 Å². The molecular formula is C35H50BrN3O8. The Morgan fingerprint density at radius 3 is 1.96 bits per heavy atom. The topological polar surface area (TPSA) is 144 Å². The van der Waals surface area contributed by atoms with Crippen LogP contribution in [0.15, 0.2) is 48.5 Å². The van der Waals surface area contributed by atoms with Gasteiger partial charge in [0.05, 0.1) is 16.9 Å². The molecule has 0 radical (unpaired) electrons. The molecular weight excluding hydrogens is 670 g/mol. The number of aliphatic hydroxyl groups is 1. The molecule has 0 spiro atoms. The summed E-state index contributed by atoms with van der Waals surface area (Å²) >= 11 is 0. The number of carbonyl (C=O) groups is 4. The van der Waals surface area contributed by atoms with Crippen LogP contribution in [0, 0.1) is 10.8 Å². The van der Waals surface area contributed by atoms with E-state index in [-0.39, 0.29) is 60.0 Å². The zero-order valence-electron chi connectivity index (χ0n) is 28.7. The summed E-state index contributed by atoms with van der Waals surface area (Å²) < 4.78 is 16.7. The highest BCUT2D eigenvalue weighted by atomic mass is 79.9. The zero-order valence-corrected chi connectivity index (χ0v) is 30.4. The molecule has 47 heavy (non-hydrogen) atoms. The molecule has 2 amide bonds. The highest BCUT2D eigenvalue weighted by Gasteiger charge is 2.35. The fourth-order valence-electron chi connectivity index (χ4n) is 4.49. The van der Waals surface area contributed by atoms with Gasteiger partial charge in [0.25, 0.3) is 5.91 Å². The number of halogens is 1. The average molecular weight is 721 g/mol. The first-order chi connectivity index (χ1) is 21.4. The van der Waals surface area contributed by atoms with Crippen molar-refractivity contribution < 1.29 is 38.5 Å². The molecule has 1 aliphatic rings. The summed E-state index contributed by atoms with van der Waals surface area (Å²) in [7, 11) is 0. The Labute approximate surface area is 288 Å². The van der Waals surface area contributed by atoms with Crippen LogP contribution in [0.25, 0.3) is 0 Å². The van der Waals surface area contributed by atoms with Crippen LogP contribution in [0.2, 0.25) is 0 Å². The Morgan fingerprint density at radius 1 is 0.872 bits per heavy atom. The molecule has 0 aliphatic carbocycles. The number of ether oxygens (including phenoxy) is 3. The van der Waals surface area contributed by atoms with Gasteiger partial charge in [-0.05, 0) is 98.1 Å². The van der Waals surface area contributed by atoms with Crippen molar-refractivity contribution in [3.05, 3.63) is 54.1 Å². The lowest BCUT2D eigenvalue weighted by molar-refractivity contribution is -0.143. The van der Waals surface area contributed by atoms with Crippen LogP contribution in [0.1, 0.15) is 79.9 Å². The summed E-state index contributed by atoms with van der Waals surface area (Å²) in [6.07, 6.45) is 0.219. The van der Waals surface area contributed by atoms with Crippen LogP contribution >= 0.6 is 17.0 Å². The largest absolute Gasteiger partial charge is 0.484 e. The van der Waals surface area contributed by atoms with Crippen LogP contribution in [0.3, 0.4) is 0 Å². The molecule has 0 bridgehead atoms. The summed E-state index contributed by atoms with van der Waals surface area (Å²) in [5, 5.41) is 17.3. The minimum absolute atomic E-state index is 0. The SMILES string of the molecule is Br.CC(C)(CNC(=O)[C@H]1CCCN1C(=O)COc1ccccc1)NCC(O)c1cc(OC(=O)C(C)(C)C)cc(OC(=O)C(C)(C)C)c1. The number of benzene rings is 2. The van der Waals surface area contributed by atoms with E-state index in [0.717, 1.165) is 6.42 Å². The van der Waals surface area contributed by atoms with E-state index in [1.165, 1.54) is 18.2 Å². The van der Waals surface area contributed by atoms with E-state index in [9.17, 15) is 24.3 Å². The summed E-state index contributed by atoms with van der Waals surface area (Å²) in [5.41, 5.74) is -1.81. The fourth-order valence-corrected chi connectivity index (χ4v) is 4.49. The van der Waals surface area contributed by atoms with Crippen molar-refractivity contribution in [1.82, 2.24) is 15.5 Å². The molecule has 1 fully saturated rings. The van der Waals surface area contributed by atoms with Crippen molar-refractivity contribution in [3.8, 4) is 17.2 Å². The van der Waals surface area contributed by atoms with Crippen LogP contribution < -0.4 is 24.8 Å². The van der Waals surface area contributed by atoms with Gasteiger partial charge in [-0.25, -0.2) is 0 Å². The first kappa shape index (κ1) is 39.7. The Bertz CT molecular complexity index is 1340. The number of nitrogens with one attached hydrogen (secondary N) is 2. The lowest BCUT2D eigenvalue weighted by atomic mass is 9.97. The van der Waals surface area contributed by atoms with E-state index in [4.69, 9.17) is 14.2 Å². The van der Waals surface area contributed by atoms with Gasteiger partial charge >= 0.3 is 11.9 Å². The van der Waals surface area contributed by atoms with Crippen molar-refractivity contribution in [3.63, 3.8) is 0 Å². The van der Waals surface area contributed by atoms with Gasteiger partial charge < -0.3 is 34.9 Å². The van der Waals surface area contributed by atoms with Crippen molar-refractivity contribution in [2.45, 2.75) is 85.9 Å². The number of hydrogen-bond acceptors (Lipinski definition) is 9. The Balaban J connectivity index is 0.00000768. The predicted molar refractivity (Wildman–Crippen MR) is 184 cm³/mol. The molecule has 260 valence electrons. The molecule has 1 heterocycles. The fraction of sp³-hybridized carbons (Fsp3) is 0.543. The quantitative estimate of drug-likeness (QED) is 0.209. The lowest BCUT2D eigenvalue weighted by Gasteiger charge is -2.30. The van der Waals surface area contributed by atoms with Crippen molar-refractivity contribution in [2.75, 3.05) is 26.2 Å². The summed E-state index contributed by atoms with van der Waals surface area (Å²) in [5.74, 6) is -0.577. The number of aliphatic hydroxyl groups excluding tert-OH is 1. The number of esters is 2. The van der Waals surface area contributed by atoms with E-state index < -0.39 is 40.5 Å². The second-order valence-corrected chi connectivity index (χ2v) is 14.4. The van der Waals surface area contributed by atoms with Gasteiger partial charge in [-0.15, -0.1) is 17.0 Å². The molecule has 12 heteroatoms. The van der Waals surface area contributed by atoms with Crippen LogP contribution in [0.5, 0.6) is 17.2 Å². The Morgan fingerprint density at radius 2 is 1.43 bits per heavy atom. The van der Waals surface area contributed by atoms with E-state index in [1.54, 1.807) is 58.6 Å². The van der Waals surface area contributed by atoms with Crippen molar-refractivity contribution >= 4 is 40.7 Å². The number of carbonyl (C=O) groups excluding carboxylic acids is 4. The van der Waals surface area contributed by atoms with Gasteiger partial charge in [0.15, 0.2) is 6.61 Å². The second kappa shape index (κ2) is 16.6. The monoisotopic (exact) mass is 719 g/mol. The molecule has 0 saturated carbocycles. The first-order valence-electron chi connectivity index (χ1n) is 15.6. The number of hydrogen-bond donors (Lipinski definition) is 3. The molecule has 2 aromatic rings. The maximum Gasteiger partial charge on any atom is 0.316 e. The molecule has 11 nitrogen and oxygen atoms in total. The molecule has 1 saturated heterocycles. The number of likely N-dealkylation sites (tertiary alicyclic amines) is 1. The molecule has 1 aliphatic heterocycles. The van der Waals surface area contributed by atoms with Gasteiger partial charge in [-0.3, -0.25) is 19.2 Å². The standard InChI is InChI=1S/C35H49N3O8.BrH/c1-33(2,3)31(42)45-25-17-23(18-26(19-25)46-32(43)34(4,5)6)28(39)20-37-35(7,8)22-36-30(41)27-15-12-16-38(27)29(40)21-44-24-13-10-9-11-14-24;/h9-11,13-14,17-19,27-28,37,39H,12,15-16,20-22H2,1-8H3,(H,36,41);1H/t27-,28?;/m1./s1. The van der Waals surface area contributed by atoms with Crippen LogP contribution in [-0.4, -0.2) is 71.6 Å². The molecule has 3 rings (SSSR count). The third-order valence-electron chi connectivity index (χ3n) is 7.39. The van der Waals surface area contributed by atoms with E-state index >= 15 is 0 Å². The normalized spacial score (nSPS) is 15.7. The van der Waals surface area contributed by atoms with Crippen molar-refractivity contribution in [1.29, 1.82) is 0 Å². The molecule has 1 unspecified atom stereocenters. The van der Waals surface area contributed by atoms with Gasteiger partial charge in [-0.1, -0.05) is 18.2 Å². The average Bonchev–Trinajstić information content (AvgIpc) is 3.47. The minimum Gasteiger partial charge on any atom is -0.484 e. The number of para-hydroxylation sites is 1. The van der Waals surface area contributed by atoms with Gasteiger partial charge in [0.1, 0.15) is 23.3 Å². The number of rotatable bonds is 12. The summed E-state index contributed by atoms with van der Waals surface area (Å²) in [4.78, 5) is 52.7. The third kappa shape index (κ3) is 12.2. The number of nitrogens with zero attached hydrogens (tertiary/aromatic N) is 1. The molecule has 0 aromatic heterocycles. The molecule has 2 atom stereocenters. The molecule has 3 N–H and O–H groups in total. The number of β-amino-alcohol motifs (C(OH)–C–C–N with tert-alkyl or cyclic N) is 1. The second-order valence-electron chi connectivity index (χ2n) is 14.4. The van der Waals surface area contributed by atoms with Crippen LogP contribution in [0.4, 0.5) is 0 Å². The Kier molecular flexibility index (Phi) is 14.0. The zero-order chi connectivity index (χ0) is 34.3. The minimum atomic E-state index is -1.07. The van der Waals surface area contributed by atoms with Gasteiger partial charge in [0, 0.05) is 31.2 Å². The predicted octanol–water partition coefficient (Wildman–Crippen LogP) is 4.76. The van der Waals surface area contributed by atoms with Gasteiger partial charge in [-0.2, -0.15) is 0 Å². The molecule has 2 aromatic carbocycles. The maximum absolute atomic E-state index is 13.1. The number of amides is 2. The van der Waals surface area contributed by atoms with E-state index in [1.807, 2.05) is 32.0 Å². The highest BCUT2D eigenvalue weighted by molar-refractivity contribution is 8.93. The summed E-state index contributed by atoms with van der Waals surface area (Å²) in [6, 6.07) is 13.0. The highest BCUT2D eigenvalue weighted by Crippen LogP contribution is 2.30. The van der Waals surface area contributed by atoms with Crippen LogP contribution in [-0.2, 0) is 19.2 Å². The lowest BCUT2D eigenvalue weighted by Crippen LogP contribution is -2.54. The maximum atomic E-state index is 13.1. The smallest absolute Gasteiger partial charge is 0.316 e. The summed E-state index contributed by atoms with van der Waals surface area (Å²) in [6.45, 7) is 14.8. The van der Waals surface area contributed by atoms with Crippen molar-refractivity contribution in [2.24, 2.45) is 10.8 Å². The first-order valence-corrected chi connectivity index (χ1v) is 15.6. The Hall–Kier alpha value is -3.48.